The van der Waals surface area contributed by atoms with Crippen LogP contribution in [-0.4, -0.2) is 4.21 Å². The average Bonchev–Trinajstić information content (AvgIpc) is 1.94. The van der Waals surface area contributed by atoms with Crippen LogP contribution in [0.2, 0.25) is 0 Å². The summed E-state index contributed by atoms with van der Waals surface area (Å²) in [6, 6.07) is 6.98. The van der Waals surface area contributed by atoms with Crippen molar-refractivity contribution in [2.75, 3.05) is 5.73 Å². The molecule has 1 aromatic carbocycles. The van der Waals surface area contributed by atoms with Crippen LogP contribution in [0.4, 0.5) is 11.4 Å². The Labute approximate surface area is 62.1 Å². The first kappa shape index (κ1) is 6.95. The fourth-order valence-electron chi connectivity index (χ4n) is 0.611. The third-order valence-corrected chi connectivity index (χ3v) is 1.34. The minimum atomic E-state index is 0.164. The van der Waals surface area contributed by atoms with Gasteiger partial charge < -0.3 is 5.73 Å². The minimum Gasteiger partial charge on any atom is -0.397 e. The number of rotatable bonds is 1. The van der Waals surface area contributed by atoms with Gasteiger partial charge >= 0.3 is 0 Å². The van der Waals surface area contributed by atoms with Crippen LogP contribution in [-0.2, 0) is 11.5 Å². The van der Waals surface area contributed by atoms with Crippen molar-refractivity contribution < 1.29 is 4.21 Å². The highest BCUT2D eigenvalue weighted by molar-refractivity contribution is 7.54. The number of hydrogen-bond donors (Lipinski definition) is 1. The third-order valence-electron chi connectivity index (χ3n) is 1.07. The average molecular weight is 154 g/mol. The minimum absolute atomic E-state index is 0.164. The molecule has 52 valence electrons. The van der Waals surface area contributed by atoms with Crippen LogP contribution in [0, 0.1) is 0 Å². The maximum absolute atomic E-state index is 9.95. The number of benzene rings is 1. The number of para-hydroxylation sites is 1. The second kappa shape index (κ2) is 3.12. The summed E-state index contributed by atoms with van der Waals surface area (Å²) in [7, 11) is 0. The van der Waals surface area contributed by atoms with Gasteiger partial charge in [-0.3, -0.25) is 0 Å². The number of nitrogens with two attached hydrogens (primary N) is 1. The van der Waals surface area contributed by atoms with Gasteiger partial charge in [0.25, 0.3) is 0 Å². The number of nitrogen functional groups attached to an aromatic ring is 1. The van der Waals surface area contributed by atoms with E-state index in [0.29, 0.717) is 11.4 Å². The predicted molar refractivity (Wildman–Crippen MR) is 41.1 cm³/mol. The summed E-state index contributed by atoms with van der Waals surface area (Å²) < 4.78 is 13.5. The first-order valence-corrected chi connectivity index (χ1v) is 3.39. The Balaban J connectivity index is 3.14. The largest absolute Gasteiger partial charge is 0.397 e. The van der Waals surface area contributed by atoms with Crippen LogP contribution < -0.4 is 5.73 Å². The van der Waals surface area contributed by atoms with Crippen molar-refractivity contribution in [3.63, 3.8) is 0 Å². The first-order chi connectivity index (χ1) is 4.84. The zero-order chi connectivity index (χ0) is 7.40. The van der Waals surface area contributed by atoms with Crippen LogP contribution in [0.15, 0.2) is 28.6 Å². The van der Waals surface area contributed by atoms with Gasteiger partial charge in [0.05, 0.1) is 5.69 Å². The smallest absolute Gasteiger partial charge is 0.205 e. The Hall–Kier alpha value is -1.16. The fraction of sp³-hybridized carbons (Fsp3) is 0. The number of nitrogens with zero attached hydrogens (tertiary/aromatic N) is 1. The zero-order valence-corrected chi connectivity index (χ0v) is 5.97. The van der Waals surface area contributed by atoms with Crippen LogP contribution >= 0.6 is 0 Å². The van der Waals surface area contributed by atoms with Gasteiger partial charge in [0.2, 0.25) is 11.5 Å². The molecule has 10 heavy (non-hydrogen) atoms. The lowest BCUT2D eigenvalue weighted by atomic mass is 10.3. The summed E-state index contributed by atoms with van der Waals surface area (Å²) >= 11 is 0.164. The highest BCUT2D eigenvalue weighted by Gasteiger charge is 1.91. The molecule has 0 aromatic heterocycles. The predicted octanol–water partition coefficient (Wildman–Crippen LogP) is 1.30. The number of anilines is 1. The van der Waals surface area contributed by atoms with E-state index in [0.717, 1.165) is 0 Å². The van der Waals surface area contributed by atoms with E-state index >= 15 is 0 Å². The summed E-state index contributed by atoms with van der Waals surface area (Å²) in [5.41, 5.74) is 6.54. The quantitative estimate of drug-likeness (QED) is 0.620. The molecule has 0 aliphatic heterocycles. The Kier molecular flexibility index (Phi) is 2.17. The van der Waals surface area contributed by atoms with Crippen molar-refractivity contribution in [1.82, 2.24) is 0 Å². The second-order valence-corrected chi connectivity index (χ2v) is 2.06. The summed E-state index contributed by atoms with van der Waals surface area (Å²) in [4.78, 5) is 0. The lowest BCUT2D eigenvalue weighted by Crippen LogP contribution is -1.82. The summed E-state index contributed by atoms with van der Waals surface area (Å²) in [5.74, 6) is 0. The van der Waals surface area contributed by atoms with E-state index < -0.39 is 0 Å². The van der Waals surface area contributed by atoms with Crippen LogP contribution in [0.25, 0.3) is 0 Å². The molecule has 0 radical (unpaired) electrons. The van der Waals surface area contributed by atoms with E-state index in [4.69, 9.17) is 5.73 Å². The molecule has 0 aliphatic rings. The molecule has 0 aliphatic carbocycles. The highest BCUT2D eigenvalue weighted by Crippen LogP contribution is 2.19. The lowest BCUT2D eigenvalue weighted by Gasteiger charge is -1.93. The van der Waals surface area contributed by atoms with Gasteiger partial charge in [-0.2, -0.15) is 8.57 Å². The van der Waals surface area contributed by atoms with Gasteiger partial charge in [0.15, 0.2) is 0 Å². The highest BCUT2D eigenvalue weighted by atomic mass is 32.1. The molecule has 1 rings (SSSR count). The monoisotopic (exact) mass is 154 g/mol. The molecule has 1 aromatic rings. The van der Waals surface area contributed by atoms with Crippen molar-refractivity contribution in [2.45, 2.75) is 0 Å². The van der Waals surface area contributed by atoms with E-state index in [2.05, 4.69) is 4.36 Å². The SMILES string of the molecule is Nc1ccccc1N=S=O. The van der Waals surface area contributed by atoms with Crippen molar-refractivity contribution >= 4 is 22.8 Å². The molecular formula is C6H6N2OS. The Morgan fingerprint density at radius 2 is 2.10 bits per heavy atom. The van der Waals surface area contributed by atoms with Crippen molar-refractivity contribution in [3.05, 3.63) is 24.3 Å². The lowest BCUT2D eigenvalue weighted by molar-refractivity contribution is 0.698. The van der Waals surface area contributed by atoms with Crippen LogP contribution in [0.3, 0.4) is 0 Å². The van der Waals surface area contributed by atoms with Crippen LogP contribution in [0.5, 0.6) is 0 Å². The van der Waals surface area contributed by atoms with E-state index in [9.17, 15) is 4.21 Å². The molecule has 0 heterocycles. The van der Waals surface area contributed by atoms with Crippen molar-refractivity contribution in [1.29, 1.82) is 0 Å². The molecule has 0 atom stereocenters. The topological polar surface area (TPSA) is 55.4 Å². The van der Waals surface area contributed by atoms with Gasteiger partial charge in [-0.25, -0.2) is 0 Å². The molecule has 2 N–H and O–H groups in total. The maximum atomic E-state index is 9.95. The van der Waals surface area contributed by atoms with E-state index in [1.54, 1.807) is 24.3 Å². The van der Waals surface area contributed by atoms with E-state index in [1.165, 1.54) is 0 Å². The molecule has 0 spiro atoms. The van der Waals surface area contributed by atoms with Gasteiger partial charge in [-0.15, -0.1) is 0 Å². The van der Waals surface area contributed by atoms with E-state index in [-0.39, 0.29) is 11.5 Å². The van der Waals surface area contributed by atoms with Gasteiger partial charge in [-0.05, 0) is 12.1 Å². The van der Waals surface area contributed by atoms with Crippen molar-refractivity contribution in [3.8, 4) is 0 Å². The second-order valence-electron chi connectivity index (χ2n) is 1.72. The maximum Gasteiger partial charge on any atom is 0.205 e. The Morgan fingerprint density at radius 1 is 1.40 bits per heavy atom. The van der Waals surface area contributed by atoms with E-state index in [1.807, 2.05) is 0 Å². The molecule has 0 saturated carbocycles. The molecule has 0 saturated heterocycles. The molecule has 0 amide bonds. The summed E-state index contributed by atoms with van der Waals surface area (Å²) in [6.07, 6.45) is 0. The Bertz CT molecular complexity index is 281. The molecular weight excluding hydrogens is 148 g/mol. The fourth-order valence-corrected chi connectivity index (χ4v) is 0.857. The first-order valence-electron chi connectivity index (χ1n) is 2.69. The van der Waals surface area contributed by atoms with Gasteiger partial charge in [0, 0.05) is 0 Å². The molecule has 0 bridgehead atoms. The normalized spacial score (nSPS) is 8.80. The standard InChI is InChI=1S/C6H6N2OS/c7-5-3-1-2-4-6(5)8-10-9/h1-4H,7H2. The van der Waals surface area contributed by atoms with Gasteiger partial charge in [0.1, 0.15) is 5.69 Å². The molecule has 0 unspecified atom stereocenters. The molecule has 3 nitrogen and oxygen atoms in total. The summed E-state index contributed by atoms with van der Waals surface area (Å²) in [6.45, 7) is 0. The van der Waals surface area contributed by atoms with Crippen molar-refractivity contribution in [2.24, 2.45) is 4.36 Å². The zero-order valence-electron chi connectivity index (χ0n) is 5.15. The summed E-state index contributed by atoms with van der Waals surface area (Å²) in [5, 5.41) is 0. The Morgan fingerprint density at radius 3 is 2.70 bits per heavy atom. The van der Waals surface area contributed by atoms with Crippen LogP contribution in [0.1, 0.15) is 0 Å². The third kappa shape index (κ3) is 1.41. The number of hydrogen-bond acceptors (Lipinski definition) is 3. The van der Waals surface area contributed by atoms with Gasteiger partial charge in [-0.1, -0.05) is 12.1 Å². The molecule has 4 heteroatoms. The molecule has 0 fully saturated rings.